The minimum Gasteiger partial charge on any atom is -0.494 e. The standard InChI is InChI=1S/C12H13NO2S/c1-2-7-14-10-5-3-9(4-6-10)11-8-15-12(16)13-11/h3-6,8H,2,7H2,1H3,(H,13,16). The molecular weight excluding hydrogens is 222 g/mol. The van der Waals surface area contributed by atoms with Gasteiger partial charge in [0.1, 0.15) is 12.0 Å². The lowest BCUT2D eigenvalue weighted by Crippen LogP contribution is -1.94. The van der Waals surface area contributed by atoms with Crippen LogP contribution in [0.4, 0.5) is 0 Å². The van der Waals surface area contributed by atoms with Crippen molar-refractivity contribution in [1.29, 1.82) is 0 Å². The average Bonchev–Trinajstić information content (AvgIpc) is 2.74. The van der Waals surface area contributed by atoms with Crippen molar-refractivity contribution < 1.29 is 9.15 Å². The van der Waals surface area contributed by atoms with Crippen LogP contribution in [0.1, 0.15) is 13.3 Å². The Morgan fingerprint density at radius 3 is 2.62 bits per heavy atom. The maximum absolute atomic E-state index is 5.50. The van der Waals surface area contributed by atoms with E-state index in [0.717, 1.165) is 30.0 Å². The van der Waals surface area contributed by atoms with Crippen LogP contribution in [-0.4, -0.2) is 11.6 Å². The molecule has 0 aliphatic carbocycles. The van der Waals surface area contributed by atoms with Gasteiger partial charge >= 0.3 is 0 Å². The van der Waals surface area contributed by atoms with Gasteiger partial charge in [-0.05, 0) is 42.9 Å². The van der Waals surface area contributed by atoms with Crippen molar-refractivity contribution in [1.82, 2.24) is 4.98 Å². The summed E-state index contributed by atoms with van der Waals surface area (Å²) in [6, 6.07) is 7.83. The van der Waals surface area contributed by atoms with E-state index in [9.17, 15) is 0 Å². The first-order valence-electron chi connectivity index (χ1n) is 5.20. The number of oxazole rings is 1. The van der Waals surface area contributed by atoms with Crippen LogP contribution in [0.5, 0.6) is 5.75 Å². The zero-order valence-corrected chi connectivity index (χ0v) is 9.84. The second-order valence-electron chi connectivity index (χ2n) is 3.43. The van der Waals surface area contributed by atoms with Gasteiger partial charge in [0.05, 0.1) is 12.3 Å². The summed E-state index contributed by atoms with van der Waals surface area (Å²) in [7, 11) is 0. The molecule has 0 fully saturated rings. The van der Waals surface area contributed by atoms with E-state index in [1.807, 2.05) is 24.3 Å². The highest BCUT2D eigenvalue weighted by molar-refractivity contribution is 7.71. The van der Waals surface area contributed by atoms with Gasteiger partial charge in [0.25, 0.3) is 4.84 Å². The monoisotopic (exact) mass is 235 g/mol. The Balaban J connectivity index is 2.16. The Kier molecular flexibility index (Phi) is 3.41. The molecule has 2 aromatic rings. The second kappa shape index (κ2) is 4.99. The van der Waals surface area contributed by atoms with Crippen molar-refractivity contribution in [3.63, 3.8) is 0 Å². The molecule has 0 bridgehead atoms. The van der Waals surface area contributed by atoms with E-state index < -0.39 is 0 Å². The van der Waals surface area contributed by atoms with Gasteiger partial charge in [0, 0.05) is 5.56 Å². The van der Waals surface area contributed by atoms with Crippen LogP contribution in [-0.2, 0) is 0 Å². The molecular formula is C12H13NO2S. The summed E-state index contributed by atoms with van der Waals surface area (Å²) in [5, 5.41) is 0. The average molecular weight is 235 g/mol. The second-order valence-corrected chi connectivity index (χ2v) is 3.81. The first kappa shape index (κ1) is 11.0. The van der Waals surface area contributed by atoms with E-state index >= 15 is 0 Å². The van der Waals surface area contributed by atoms with Gasteiger partial charge in [-0.15, -0.1) is 0 Å². The van der Waals surface area contributed by atoms with Crippen molar-refractivity contribution in [2.75, 3.05) is 6.61 Å². The maximum Gasteiger partial charge on any atom is 0.266 e. The normalized spacial score (nSPS) is 10.3. The van der Waals surface area contributed by atoms with Crippen molar-refractivity contribution in [3.05, 3.63) is 35.4 Å². The molecule has 0 aliphatic heterocycles. The highest BCUT2D eigenvalue weighted by Crippen LogP contribution is 2.21. The molecule has 3 nitrogen and oxygen atoms in total. The number of rotatable bonds is 4. The first-order valence-corrected chi connectivity index (χ1v) is 5.61. The topological polar surface area (TPSA) is 38.2 Å². The molecule has 0 saturated heterocycles. The summed E-state index contributed by atoms with van der Waals surface area (Å²) >= 11 is 4.87. The van der Waals surface area contributed by atoms with Crippen LogP contribution in [0, 0.1) is 4.84 Å². The molecule has 0 unspecified atom stereocenters. The lowest BCUT2D eigenvalue weighted by molar-refractivity contribution is 0.317. The zero-order valence-electron chi connectivity index (χ0n) is 9.03. The van der Waals surface area contributed by atoms with Crippen LogP contribution < -0.4 is 4.74 Å². The largest absolute Gasteiger partial charge is 0.494 e. The van der Waals surface area contributed by atoms with Crippen molar-refractivity contribution in [3.8, 4) is 17.0 Å². The Labute approximate surface area is 99.1 Å². The number of benzene rings is 1. The van der Waals surface area contributed by atoms with E-state index in [1.54, 1.807) is 6.26 Å². The third kappa shape index (κ3) is 2.52. The molecule has 1 aromatic heterocycles. The Bertz CT molecular complexity index is 498. The Hall–Kier alpha value is -1.55. The van der Waals surface area contributed by atoms with E-state index in [0.29, 0.717) is 4.84 Å². The maximum atomic E-state index is 5.50. The highest BCUT2D eigenvalue weighted by atomic mass is 32.1. The summed E-state index contributed by atoms with van der Waals surface area (Å²) < 4.78 is 10.5. The van der Waals surface area contributed by atoms with Gasteiger partial charge < -0.3 is 14.1 Å². The molecule has 0 aliphatic rings. The number of aromatic amines is 1. The summed E-state index contributed by atoms with van der Waals surface area (Å²) in [5.41, 5.74) is 1.91. The van der Waals surface area contributed by atoms with Crippen LogP contribution in [0.25, 0.3) is 11.3 Å². The van der Waals surface area contributed by atoms with Crippen LogP contribution in [0.3, 0.4) is 0 Å². The van der Waals surface area contributed by atoms with Gasteiger partial charge in [-0.1, -0.05) is 6.92 Å². The van der Waals surface area contributed by atoms with Crippen molar-refractivity contribution in [2.24, 2.45) is 0 Å². The summed E-state index contributed by atoms with van der Waals surface area (Å²) in [6.07, 6.45) is 2.63. The first-order chi connectivity index (χ1) is 7.79. The fourth-order valence-corrected chi connectivity index (χ4v) is 1.53. The lowest BCUT2D eigenvalue weighted by atomic mass is 10.2. The smallest absolute Gasteiger partial charge is 0.266 e. The SMILES string of the molecule is CCCOc1ccc(-c2coc(=S)[nH]2)cc1. The van der Waals surface area contributed by atoms with Crippen LogP contribution in [0.15, 0.2) is 34.9 Å². The minimum atomic E-state index is 0.390. The molecule has 1 N–H and O–H groups in total. The van der Waals surface area contributed by atoms with Crippen molar-refractivity contribution in [2.45, 2.75) is 13.3 Å². The fourth-order valence-electron chi connectivity index (χ4n) is 1.37. The molecule has 0 saturated carbocycles. The number of ether oxygens (including phenoxy) is 1. The number of nitrogens with one attached hydrogen (secondary N) is 1. The number of hydrogen-bond acceptors (Lipinski definition) is 3. The van der Waals surface area contributed by atoms with Gasteiger partial charge in [-0.3, -0.25) is 0 Å². The predicted octanol–water partition coefficient (Wildman–Crippen LogP) is 3.79. The number of H-pyrrole nitrogens is 1. The molecule has 16 heavy (non-hydrogen) atoms. The van der Waals surface area contributed by atoms with Gasteiger partial charge in [-0.25, -0.2) is 0 Å². The lowest BCUT2D eigenvalue weighted by Gasteiger charge is -2.04. The summed E-state index contributed by atoms with van der Waals surface area (Å²) in [5.74, 6) is 0.882. The summed E-state index contributed by atoms with van der Waals surface area (Å²) in [6.45, 7) is 2.83. The molecule has 0 amide bonds. The van der Waals surface area contributed by atoms with Crippen LogP contribution >= 0.6 is 12.2 Å². The van der Waals surface area contributed by atoms with Crippen molar-refractivity contribution >= 4 is 12.2 Å². The van der Waals surface area contributed by atoms with E-state index in [1.165, 1.54) is 0 Å². The molecule has 0 radical (unpaired) electrons. The van der Waals surface area contributed by atoms with Gasteiger partial charge in [0.15, 0.2) is 0 Å². The Morgan fingerprint density at radius 1 is 1.31 bits per heavy atom. The third-order valence-electron chi connectivity index (χ3n) is 2.16. The summed E-state index contributed by atoms with van der Waals surface area (Å²) in [4.78, 5) is 3.35. The third-order valence-corrected chi connectivity index (χ3v) is 2.36. The Morgan fingerprint density at radius 2 is 2.06 bits per heavy atom. The molecule has 0 spiro atoms. The predicted molar refractivity (Wildman–Crippen MR) is 65.1 cm³/mol. The molecule has 2 rings (SSSR count). The molecule has 1 aromatic carbocycles. The van der Waals surface area contributed by atoms with Crippen LogP contribution in [0.2, 0.25) is 0 Å². The molecule has 0 atom stereocenters. The molecule has 84 valence electrons. The van der Waals surface area contributed by atoms with E-state index in [2.05, 4.69) is 11.9 Å². The quantitative estimate of drug-likeness (QED) is 0.819. The van der Waals surface area contributed by atoms with Gasteiger partial charge in [0.2, 0.25) is 0 Å². The van der Waals surface area contributed by atoms with E-state index in [4.69, 9.17) is 21.4 Å². The van der Waals surface area contributed by atoms with E-state index in [-0.39, 0.29) is 0 Å². The fraction of sp³-hybridized carbons (Fsp3) is 0.250. The number of aromatic nitrogens is 1. The van der Waals surface area contributed by atoms with Gasteiger partial charge in [-0.2, -0.15) is 0 Å². The number of hydrogen-bond donors (Lipinski definition) is 1. The molecule has 1 heterocycles. The molecule has 4 heteroatoms. The highest BCUT2D eigenvalue weighted by Gasteiger charge is 2.00. The minimum absolute atomic E-state index is 0.390. The zero-order chi connectivity index (χ0) is 11.4.